The Morgan fingerprint density at radius 2 is 1.82 bits per heavy atom. The zero-order valence-corrected chi connectivity index (χ0v) is 19.3. The monoisotopic (exact) mass is 465 g/mol. The third-order valence-corrected chi connectivity index (χ3v) is 7.76. The molecular weight excluding hydrogens is 441 g/mol. The normalized spacial score (nSPS) is 21.3. The number of anilines is 2. The molecule has 7 nitrogen and oxygen atoms in total. The summed E-state index contributed by atoms with van der Waals surface area (Å²) in [7, 11) is 0. The van der Waals surface area contributed by atoms with Gasteiger partial charge in [0, 0.05) is 49.2 Å². The lowest BCUT2D eigenvalue weighted by atomic mass is 9.73. The zero-order chi connectivity index (χ0) is 22.3. The minimum Gasteiger partial charge on any atom is -0.355 e. The highest BCUT2D eigenvalue weighted by atomic mass is 35.5. The molecule has 0 atom stereocenters. The van der Waals surface area contributed by atoms with Gasteiger partial charge in [0.2, 0.25) is 5.95 Å². The Hall–Kier alpha value is -2.71. The van der Waals surface area contributed by atoms with Crippen molar-refractivity contribution in [3.8, 4) is 5.69 Å². The van der Waals surface area contributed by atoms with Crippen LogP contribution in [0, 0.1) is 18.2 Å². The van der Waals surface area contributed by atoms with Crippen molar-refractivity contribution in [3.63, 3.8) is 0 Å². The second-order valence-corrected chi connectivity index (χ2v) is 10.6. The lowest BCUT2D eigenvalue weighted by Gasteiger charge is -2.60. The summed E-state index contributed by atoms with van der Waals surface area (Å²) in [5.74, 6) is 2.53. The van der Waals surface area contributed by atoms with E-state index in [-0.39, 0.29) is 11.2 Å². The minimum absolute atomic E-state index is 0.240. The molecule has 3 fully saturated rings. The van der Waals surface area contributed by atoms with Gasteiger partial charge in [-0.05, 0) is 55.2 Å². The van der Waals surface area contributed by atoms with Crippen molar-refractivity contribution in [1.82, 2.24) is 24.6 Å². The molecule has 0 N–H and O–H groups in total. The van der Waals surface area contributed by atoms with E-state index in [2.05, 4.69) is 46.6 Å². The number of halogens is 2. The van der Waals surface area contributed by atoms with E-state index in [4.69, 9.17) is 11.6 Å². The number of nitrogens with zero attached hydrogens (tertiary/aromatic N) is 7. The number of hydrogen-bond acceptors (Lipinski definition) is 6. The molecule has 4 aliphatic rings. The predicted octanol–water partition coefficient (Wildman–Crippen LogP) is 3.57. The Morgan fingerprint density at radius 1 is 1.03 bits per heavy atom. The molecule has 0 bridgehead atoms. The average Bonchev–Trinajstić information content (AvgIpc) is 3.52. The second kappa shape index (κ2) is 6.90. The van der Waals surface area contributed by atoms with Crippen LogP contribution in [0.3, 0.4) is 0 Å². The Kier molecular flexibility index (Phi) is 4.13. The fourth-order valence-corrected chi connectivity index (χ4v) is 5.84. The van der Waals surface area contributed by atoms with Gasteiger partial charge in [-0.15, -0.1) is 10.2 Å². The smallest absolute Gasteiger partial charge is 0.231 e. The highest BCUT2D eigenvalue weighted by Crippen LogP contribution is 2.44. The molecule has 170 valence electrons. The third kappa shape index (κ3) is 3.14. The van der Waals surface area contributed by atoms with Crippen molar-refractivity contribution < 1.29 is 4.39 Å². The van der Waals surface area contributed by atoms with E-state index in [0.29, 0.717) is 11.6 Å². The Balaban J connectivity index is 1.13. The lowest BCUT2D eigenvalue weighted by molar-refractivity contribution is 0.153. The molecule has 3 aliphatic heterocycles. The van der Waals surface area contributed by atoms with Gasteiger partial charge in [-0.1, -0.05) is 11.6 Å². The van der Waals surface area contributed by atoms with Crippen LogP contribution in [-0.2, 0) is 13.1 Å². The molecule has 1 aliphatic carbocycles. The van der Waals surface area contributed by atoms with Crippen LogP contribution in [0.25, 0.3) is 5.69 Å². The molecular formula is C24H25ClFN7. The molecule has 2 saturated heterocycles. The van der Waals surface area contributed by atoms with Gasteiger partial charge in [-0.2, -0.15) is 0 Å². The fraction of sp³-hybridized carbons (Fsp3) is 0.458. The summed E-state index contributed by atoms with van der Waals surface area (Å²) in [6.07, 6.45) is 3.83. The van der Waals surface area contributed by atoms with E-state index < -0.39 is 0 Å². The van der Waals surface area contributed by atoms with Crippen LogP contribution in [0.5, 0.6) is 0 Å². The van der Waals surface area contributed by atoms with Crippen molar-refractivity contribution in [2.45, 2.75) is 38.9 Å². The van der Waals surface area contributed by atoms with Gasteiger partial charge in [0.15, 0.2) is 5.82 Å². The first-order valence-corrected chi connectivity index (χ1v) is 12.0. The minimum atomic E-state index is -0.252. The number of aryl methyl sites for hydroxylation is 1. The van der Waals surface area contributed by atoms with E-state index in [9.17, 15) is 4.39 Å². The van der Waals surface area contributed by atoms with Crippen LogP contribution >= 0.6 is 11.6 Å². The van der Waals surface area contributed by atoms with Crippen LogP contribution in [0.4, 0.5) is 16.2 Å². The van der Waals surface area contributed by atoms with E-state index in [0.717, 1.165) is 67.6 Å². The zero-order valence-electron chi connectivity index (χ0n) is 18.5. The van der Waals surface area contributed by atoms with Crippen LogP contribution in [0.1, 0.15) is 29.8 Å². The maximum Gasteiger partial charge on any atom is 0.231 e. The number of benzene rings is 1. The molecule has 1 spiro atoms. The summed E-state index contributed by atoms with van der Waals surface area (Å²) >= 11 is 6.36. The summed E-state index contributed by atoms with van der Waals surface area (Å²) < 4.78 is 15.8. The van der Waals surface area contributed by atoms with Gasteiger partial charge in [-0.25, -0.2) is 9.37 Å². The molecule has 3 aromatic rings. The molecule has 7 rings (SSSR count). The average molecular weight is 466 g/mol. The first kappa shape index (κ1) is 19.7. The summed E-state index contributed by atoms with van der Waals surface area (Å²) in [6.45, 7) is 7.24. The van der Waals surface area contributed by atoms with Gasteiger partial charge < -0.3 is 9.80 Å². The first-order valence-electron chi connectivity index (χ1n) is 11.6. The highest BCUT2D eigenvalue weighted by Gasteiger charge is 2.53. The molecule has 1 saturated carbocycles. The SMILES string of the molecule is Cc1cc(N2CC3(C2)CN(c2nnc4n2-c2ccc(Cl)cc2CN(C2CC2)C4)C3)ncc1F. The second-order valence-electron chi connectivity index (χ2n) is 10.2. The number of fused-ring (bicyclic) bond motifs is 3. The van der Waals surface area contributed by atoms with Crippen molar-refractivity contribution in [2.75, 3.05) is 36.0 Å². The highest BCUT2D eigenvalue weighted by molar-refractivity contribution is 6.30. The van der Waals surface area contributed by atoms with E-state index >= 15 is 0 Å². The number of aromatic nitrogens is 4. The number of hydrogen-bond donors (Lipinski definition) is 0. The predicted molar refractivity (Wildman–Crippen MR) is 124 cm³/mol. The summed E-state index contributed by atoms with van der Waals surface area (Å²) in [4.78, 5) is 11.4. The standard InChI is InChI=1S/C24H25ClFN7/c1-15-6-21(27-8-19(15)26)31-11-24(12-31)13-32(14-24)23-29-28-22-10-30(18-3-4-18)9-16-7-17(25)2-5-20(16)33(22)23/h2,5-8,18H,3-4,9-14H2,1H3. The van der Waals surface area contributed by atoms with Gasteiger partial charge >= 0.3 is 0 Å². The Morgan fingerprint density at radius 3 is 2.58 bits per heavy atom. The molecule has 0 amide bonds. The molecule has 0 unspecified atom stereocenters. The Labute approximate surface area is 196 Å². The number of pyridine rings is 1. The number of rotatable bonds is 3. The van der Waals surface area contributed by atoms with Gasteiger partial charge in [0.25, 0.3) is 0 Å². The van der Waals surface area contributed by atoms with Crippen LogP contribution in [-0.4, -0.2) is 56.9 Å². The van der Waals surface area contributed by atoms with Crippen molar-refractivity contribution >= 4 is 23.4 Å². The molecule has 0 radical (unpaired) electrons. The summed E-state index contributed by atoms with van der Waals surface area (Å²) in [6, 6.07) is 8.63. The summed E-state index contributed by atoms with van der Waals surface area (Å²) in [5.41, 5.74) is 3.25. The molecule has 5 heterocycles. The molecule has 33 heavy (non-hydrogen) atoms. The van der Waals surface area contributed by atoms with Crippen molar-refractivity contribution in [3.05, 3.63) is 58.3 Å². The quantitative estimate of drug-likeness (QED) is 0.589. The lowest BCUT2D eigenvalue weighted by Crippen LogP contribution is -2.73. The van der Waals surface area contributed by atoms with Gasteiger partial charge in [-0.3, -0.25) is 9.47 Å². The maximum atomic E-state index is 13.6. The van der Waals surface area contributed by atoms with E-state index in [1.165, 1.54) is 24.6 Å². The fourth-order valence-electron chi connectivity index (χ4n) is 5.64. The van der Waals surface area contributed by atoms with E-state index in [1.54, 1.807) is 6.92 Å². The molecule has 1 aromatic carbocycles. The molecule has 2 aromatic heterocycles. The molecule has 9 heteroatoms. The van der Waals surface area contributed by atoms with Crippen LogP contribution in [0.15, 0.2) is 30.5 Å². The van der Waals surface area contributed by atoms with Crippen molar-refractivity contribution in [2.24, 2.45) is 5.41 Å². The topological polar surface area (TPSA) is 53.3 Å². The largest absolute Gasteiger partial charge is 0.355 e. The van der Waals surface area contributed by atoms with Gasteiger partial charge in [0.05, 0.1) is 18.4 Å². The van der Waals surface area contributed by atoms with Crippen molar-refractivity contribution in [1.29, 1.82) is 0 Å². The van der Waals surface area contributed by atoms with Crippen LogP contribution < -0.4 is 9.80 Å². The Bertz CT molecular complexity index is 1260. The van der Waals surface area contributed by atoms with Gasteiger partial charge in [0.1, 0.15) is 11.6 Å². The summed E-state index contributed by atoms with van der Waals surface area (Å²) in [5, 5.41) is 10.0. The maximum absolute atomic E-state index is 13.6. The van der Waals surface area contributed by atoms with E-state index in [1.807, 2.05) is 12.1 Å². The third-order valence-electron chi connectivity index (χ3n) is 7.52. The first-order chi connectivity index (χ1) is 16.0. The van der Waals surface area contributed by atoms with Crippen LogP contribution in [0.2, 0.25) is 5.02 Å².